The fraction of sp³-hybridized carbons (Fsp3) is 0. The van der Waals surface area contributed by atoms with Crippen LogP contribution < -0.4 is 5.32 Å². The van der Waals surface area contributed by atoms with Crippen LogP contribution in [-0.2, 0) is 0 Å². The maximum absolute atomic E-state index is 4.70. The highest BCUT2D eigenvalue weighted by Gasteiger charge is 2.01. The summed E-state index contributed by atoms with van der Waals surface area (Å²) in [4.78, 5) is 4.70. The van der Waals surface area contributed by atoms with Gasteiger partial charge in [0.25, 0.3) is 0 Å². The van der Waals surface area contributed by atoms with Crippen molar-refractivity contribution in [2.75, 3.05) is 5.32 Å². The summed E-state index contributed by atoms with van der Waals surface area (Å²) >= 11 is 0. The van der Waals surface area contributed by atoms with Gasteiger partial charge in [0.15, 0.2) is 0 Å². The lowest BCUT2D eigenvalue weighted by molar-refractivity contribution is 1.49. The van der Waals surface area contributed by atoms with Crippen LogP contribution in [0.5, 0.6) is 0 Å². The number of benzene rings is 3. The summed E-state index contributed by atoms with van der Waals surface area (Å²) in [6.07, 6.45) is 0. The third kappa shape index (κ3) is 2.32. The van der Waals surface area contributed by atoms with Gasteiger partial charge in [-0.3, -0.25) is 0 Å². The van der Waals surface area contributed by atoms with Gasteiger partial charge in [0, 0.05) is 22.1 Å². The van der Waals surface area contributed by atoms with E-state index in [9.17, 15) is 0 Å². The van der Waals surface area contributed by atoms with Crippen molar-refractivity contribution in [1.29, 1.82) is 0 Å². The van der Waals surface area contributed by atoms with Crippen molar-refractivity contribution in [2.45, 2.75) is 0 Å². The number of hydrogen-bond acceptors (Lipinski definition) is 2. The molecule has 0 aliphatic heterocycles. The molecule has 1 N–H and O–H groups in total. The molecule has 0 aliphatic rings. The Morgan fingerprint density at radius 3 is 2.24 bits per heavy atom. The second-order valence-electron chi connectivity index (χ2n) is 5.08. The predicted octanol–water partition coefficient (Wildman–Crippen LogP) is 5.13. The Labute approximate surface area is 123 Å². The van der Waals surface area contributed by atoms with Gasteiger partial charge in [0.1, 0.15) is 0 Å². The Bertz CT molecular complexity index is 914. The smallest absolute Gasteiger partial charge is 0.0711 e. The van der Waals surface area contributed by atoms with Crippen LogP contribution in [0.1, 0.15) is 0 Å². The number of rotatable bonds is 2. The van der Waals surface area contributed by atoms with E-state index in [1.54, 1.807) is 0 Å². The fourth-order valence-corrected chi connectivity index (χ4v) is 2.55. The van der Waals surface area contributed by atoms with Gasteiger partial charge in [-0.05, 0) is 42.5 Å². The van der Waals surface area contributed by atoms with Crippen LogP contribution in [0.2, 0.25) is 0 Å². The molecular weight excluding hydrogens is 256 g/mol. The maximum atomic E-state index is 4.70. The Morgan fingerprint density at radius 2 is 1.33 bits per heavy atom. The third-order valence-corrected chi connectivity index (χ3v) is 3.58. The van der Waals surface area contributed by atoms with E-state index in [1.807, 2.05) is 36.4 Å². The Balaban J connectivity index is 1.80. The quantitative estimate of drug-likeness (QED) is 0.511. The van der Waals surface area contributed by atoms with Crippen molar-refractivity contribution in [3.8, 4) is 0 Å². The van der Waals surface area contributed by atoms with E-state index in [1.165, 1.54) is 5.39 Å². The van der Waals surface area contributed by atoms with Crippen molar-refractivity contribution >= 4 is 33.2 Å². The SMILES string of the molecule is c1ccc(Nc2ccc3nc4ccccc4cc3c2)cc1. The summed E-state index contributed by atoms with van der Waals surface area (Å²) in [5.41, 5.74) is 4.22. The highest BCUT2D eigenvalue weighted by molar-refractivity contribution is 5.94. The van der Waals surface area contributed by atoms with Crippen LogP contribution in [0.25, 0.3) is 21.8 Å². The normalized spacial score (nSPS) is 10.9. The number of pyridine rings is 1. The number of fused-ring (bicyclic) bond motifs is 2. The van der Waals surface area contributed by atoms with E-state index in [2.05, 4.69) is 47.8 Å². The van der Waals surface area contributed by atoms with Crippen LogP contribution in [-0.4, -0.2) is 4.98 Å². The van der Waals surface area contributed by atoms with Gasteiger partial charge < -0.3 is 5.32 Å². The number of nitrogens with one attached hydrogen (secondary N) is 1. The van der Waals surface area contributed by atoms with Gasteiger partial charge in [-0.25, -0.2) is 4.98 Å². The van der Waals surface area contributed by atoms with Gasteiger partial charge in [-0.1, -0.05) is 36.4 Å². The summed E-state index contributed by atoms with van der Waals surface area (Å²) in [7, 11) is 0. The first kappa shape index (κ1) is 11.9. The maximum Gasteiger partial charge on any atom is 0.0711 e. The highest BCUT2D eigenvalue weighted by Crippen LogP contribution is 2.24. The molecule has 0 aliphatic carbocycles. The first-order chi connectivity index (χ1) is 10.4. The third-order valence-electron chi connectivity index (χ3n) is 3.58. The number of nitrogens with zero attached hydrogens (tertiary/aromatic N) is 1. The van der Waals surface area contributed by atoms with E-state index >= 15 is 0 Å². The summed E-state index contributed by atoms with van der Waals surface area (Å²) in [5, 5.41) is 5.73. The van der Waals surface area contributed by atoms with Gasteiger partial charge in [0.2, 0.25) is 0 Å². The lowest BCUT2D eigenvalue weighted by atomic mass is 10.1. The number of hydrogen-bond donors (Lipinski definition) is 1. The number of para-hydroxylation sites is 2. The molecule has 0 radical (unpaired) electrons. The predicted molar refractivity (Wildman–Crippen MR) is 89.0 cm³/mol. The number of aromatic nitrogens is 1. The number of anilines is 2. The fourth-order valence-electron chi connectivity index (χ4n) is 2.55. The van der Waals surface area contributed by atoms with E-state index < -0.39 is 0 Å². The molecule has 100 valence electrons. The zero-order chi connectivity index (χ0) is 14.1. The van der Waals surface area contributed by atoms with Gasteiger partial charge in [-0.15, -0.1) is 0 Å². The molecule has 2 heteroatoms. The first-order valence-electron chi connectivity index (χ1n) is 7.00. The van der Waals surface area contributed by atoms with Crippen molar-refractivity contribution in [3.63, 3.8) is 0 Å². The lowest BCUT2D eigenvalue weighted by Gasteiger charge is -2.08. The van der Waals surface area contributed by atoms with Gasteiger partial charge in [-0.2, -0.15) is 0 Å². The van der Waals surface area contributed by atoms with Crippen LogP contribution in [0.3, 0.4) is 0 Å². The summed E-state index contributed by atoms with van der Waals surface area (Å²) in [6.45, 7) is 0. The zero-order valence-electron chi connectivity index (χ0n) is 11.5. The van der Waals surface area contributed by atoms with E-state index in [0.29, 0.717) is 0 Å². The second-order valence-corrected chi connectivity index (χ2v) is 5.08. The van der Waals surface area contributed by atoms with E-state index in [0.717, 1.165) is 27.8 Å². The molecule has 0 atom stereocenters. The van der Waals surface area contributed by atoms with E-state index in [-0.39, 0.29) is 0 Å². The Morgan fingerprint density at radius 1 is 0.571 bits per heavy atom. The van der Waals surface area contributed by atoms with Crippen molar-refractivity contribution in [3.05, 3.63) is 78.9 Å². The minimum absolute atomic E-state index is 1.02. The molecule has 0 unspecified atom stereocenters. The topological polar surface area (TPSA) is 24.9 Å². The standard InChI is InChI=1S/C19H14N2/c1-2-7-16(8-3-1)20-17-10-11-19-15(13-17)12-14-6-4-5-9-18(14)21-19/h1-13,20H. The molecule has 0 bridgehead atoms. The van der Waals surface area contributed by atoms with Crippen LogP contribution in [0.15, 0.2) is 78.9 Å². The summed E-state index contributed by atoms with van der Waals surface area (Å²) in [5.74, 6) is 0. The average Bonchev–Trinajstić information content (AvgIpc) is 2.54. The minimum Gasteiger partial charge on any atom is -0.356 e. The first-order valence-corrected chi connectivity index (χ1v) is 7.00. The highest BCUT2D eigenvalue weighted by atomic mass is 14.9. The molecule has 2 nitrogen and oxygen atoms in total. The summed E-state index contributed by atoms with van der Waals surface area (Å²) in [6, 6.07) is 26.8. The monoisotopic (exact) mass is 270 g/mol. The zero-order valence-corrected chi connectivity index (χ0v) is 11.5. The van der Waals surface area contributed by atoms with Gasteiger partial charge >= 0.3 is 0 Å². The van der Waals surface area contributed by atoms with Gasteiger partial charge in [0.05, 0.1) is 11.0 Å². The molecule has 0 fully saturated rings. The Hall–Kier alpha value is -2.87. The molecule has 0 amide bonds. The van der Waals surface area contributed by atoms with Crippen molar-refractivity contribution < 1.29 is 0 Å². The van der Waals surface area contributed by atoms with Crippen LogP contribution in [0.4, 0.5) is 11.4 Å². The second kappa shape index (κ2) is 4.91. The molecule has 21 heavy (non-hydrogen) atoms. The van der Waals surface area contributed by atoms with E-state index in [4.69, 9.17) is 4.98 Å². The molecule has 0 saturated heterocycles. The van der Waals surface area contributed by atoms with Crippen LogP contribution in [0, 0.1) is 0 Å². The average molecular weight is 270 g/mol. The van der Waals surface area contributed by atoms with Crippen LogP contribution >= 0.6 is 0 Å². The molecule has 1 aromatic heterocycles. The molecule has 0 spiro atoms. The molecule has 4 aromatic rings. The summed E-state index contributed by atoms with van der Waals surface area (Å²) < 4.78 is 0. The lowest BCUT2D eigenvalue weighted by Crippen LogP contribution is -1.90. The Kier molecular flexibility index (Phi) is 2.79. The molecule has 1 heterocycles. The molecule has 3 aromatic carbocycles. The van der Waals surface area contributed by atoms with Crippen molar-refractivity contribution in [2.24, 2.45) is 0 Å². The molecule has 4 rings (SSSR count). The largest absolute Gasteiger partial charge is 0.356 e. The molecule has 0 saturated carbocycles. The minimum atomic E-state index is 1.02. The molecular formula is C19H14N2. The van der Waals surface area contributed by atoms with Crippen molar-refractivity contribution in [1.82, 2.24) is 4.98 Å².